The molecule has 0 saturated heterocycles. The van der Waals surface area contributed by atoms with Gasteiger partial charge in [0.05, 0.1) is 20.1 Å². The predicted octanol–water partition coefficient (Wildman–Crippen LogP) is 4.47. The molecule has 18 heavy (non-hydrogen) atoms. The van der Waals surface area contributed by atoms with Crippen LogP contribution < -0.4 is 5.32 Å². The van der Waals surface area contributed by atoms with Crippen LogP contribution in [0, 0.1) is 0 Å². The van der Waals surface area contributed by atoms with Gasteiger partial charge < -0.3 is 10.4 Å². The highest BCUT2D eigenvalue weighted by molar-refractivity contribution is 9.11. The van der Waals surface area contributed by atoms with Gasteiger partial charge in [0.15, 0.2) is 0 Å². The minimum absolute atomic E-state index is 0.185. The molecule has 3 nitrogen and oxygen atoms in total. The van der Waals surface area contributed by atoms with Crippen molar-refractivity contribution in [1.82, 2.24) is 0 Å². The van der Waals surface area contributed by atoms with Gasteiger partial charge in [-0.1, -0.05) is 11.6 Å². The van der Waals surface area contributed by atoms with Crippen LogP contribution in [-0.2, 0) is 6.54 Å². The van der Waals surface area contributed by atoms with E-state index in [2.05, 4.69) is 21.2 Å². The molecule has 0 atom stereocenters. The highest BCUT2D eigenvalue weighted by atomic mass is 79.9. The van der Waals surface area contributed by atoms with Crippen LogP contribution in [0.25, 0.3) is 0 Å². The number of carboxylic acids is 1. The van der Waals surface area contributed by atoms with Crippen molar-refractivity contribution in [2.24, 2.45) is 0 Å². The van der Waals surface area contributed by atoms with Crippen LogP contribution in [0.15, 0.2) is 34.1 Å². The Kier molecular flexibility index (Phi) is 4.27. The van der Waals surface area contributed by atoms with Gasteiger partial charge in [0.2, 0.25) is 0 Å². The molecular weight excluding hydrogens is 338 g/mol. The summed E-state index contributed by atoms with van der Waals surface area (Å²) < 4.78 is 1.08. The molecule has 2 aromatic rings. The average Bonchev–Trinajstić information content (AvgIpc) is 2.73. The van der Waals surface area contributed by atoms with E-state index in [1.165, 1.54) is 17.0 Å². The Bertz CT molecular complexity index is 585. The number of hydrogen-bond acceptors (Lipinski definition) is 3. The predicted molar refractivity (Wildman–Crippen MR) is 77.8 cm³/mol. The van der Waals surface area contributed by atoms with E-state index in [1.54, 1.807) is 17.4 Å². The fourth-order valence-electron chi connectivity index (χ4n) is 1.42. The highest BCUT2D eigenvalue weighted by Crippen LogP contribution is 2.26. The number of carboxylic acid groups (broad SMARTS) is 1. The number of halogens is 2. The topological polar surface area (TPSA) is 49.3 Å². The standard InChI is InChI=1S/C12H9BrClNO2S/c13-11-4-2-8(18-11)6-15-10-3-1-7(12(16)17)5-9(10)14/h1-5,15H,6H2,(H,16,17). The van der Waals surface area contributed by atoms with Gasteiger partial charge in [0, 0.05) is 11.4 Å². The molecular formula is C12H9BrClNO2S. The Balaban J connectivity index is 2.08. The second-order valence-electron chi connectivity index (χ2n) is 3.56. The van der Waals surface area contributed by atoms with Crippen molar-refractivity contribution in [3.05, 3.63) is 49.6 Å². The van der Waals surface area contributed by atoms with E-state index in [1.807, 2.05) is 12.1 Å². The number of anilines is 1. The monoisotopic (exact) mass is 345 g/mol. The van der Waals surface area contributed by atoms with Gasteiger partial charge >= 0.3 is 5.97 Å². The first-order chi connectivity index (χ1) is 8.56. The lowest BCUT2D eigenvalue weighted by molar-refractivity contribution is 0.0697. The summed E-state index contributed by atoms with van der Waals surface area (Å²) in [5, 5.41) is 12.4. The van der Waals surface area contributed by atoms with E-state index in [-0.39, 0.29) is 5.56 Å². The van der Waals surface area contributed by atoms with Crippen LogP contribution in [0.3, 0.4) is 0 Å². The van der Waals surface area contributed by atoms with E-state index in [0.29, 0.717) is 11.6 Å². The molecule has 0 aliphatic heterocycles. The van der Waals surface area contributed by atoms with Gasteiger partial charge in [-0.15, -0.1) is 11.3 Å². The first-order valence-corrected chi connectivity index (χ1v) is 7.06. The summed E-state index contributed by atoms with van der Waals surface area (Å²) >= 11 is 11.0. The van der Waals surface area contributed by atoms with Gasteiger partial charge in [-0.05, 0) is 46.3 Å². The summed E-state index contributed by atoms with van der Waals surface area (Å²) in [5.41, 5.74) is 0.913. The van der Waals surface area contributed by atoms with Crippen LogP contribution in [0.2, 0.25) is 5.02 Å². The number of thiophene rings is 1. The highest BCUT2D eigenvalue weighted by Gasteiger charge is 2.07. The lowest BCUT2D eigenvalue weighted by atomic mass is 10.2. The van der Waals surface area contributed by atoms with E-state index < -0.39 is 5.97 Å². The maximum atomic E-state index is 10.8. The van der Waals surface area contributed by atoms with Crippen LogP contribution >= 0.6 is 38.9 Å². The SMILES string of the molecule is O=C(O)c1ccc(NCc2ccc(Br)s2)c(Cl)c1. The van der Waals surface area contributed by atoms with Crippen molar-refractivity contribution in [3.8, 4) is 0 Å². The van der Waals surface area contributed by atoms with Crippen LogP contribution in [0.1, 0.15) is 15.2 Å². The third-order valence-corrected chi connectivity index (χ3v) is 4.23. The second kappa shape index (κ2) is 5.73. The maximum Gasteiger partial charge on any atom is 0.335 e. The third-order valence-electron chi connectivity index (χ3n) is 2.30. The van der Waals surface area contributed by atoms with Crippen LogP contribution in [0.5, 0.6) is 0 Å². The molecule has 1 aromatic heterocycles. The quantitative estimate of drug-likeness (QED) is 0.858. The number of carbonyl (C=O) groups is 1. The summed E-state index contributed by atoms with van der Waals surface area (Å²) in [6.07, 6.45) is 0. The Hall–Kier alpha value is -1.04. The van der Waals surface area contributed by atoms with Crippen LogP contribution in [-0.4, -0.2) is 11.1 Å². The second-order valence-corrected chi connectivity index (χ2v) is 6.51. The molecule has 0 fully saturated rings. The average molecular weight is 347 g/mol. The molecule has 2 rings (SSSR count). The molecule has 0 aliphatic rings. The number of benzene rings is 1. The molecule has 1 heterocycles. The van der Waals surface area contributed by atoms with Gasteiger partial charge in [0.25, 0.3) is 0 Å². The molecule has 2 N–H and O–H groups in total. The summed E-state index contributed by atoms with van der Waals surface area (Å²) in [5.74, 6) is -0.981. The molecule has 94 valence electrons. The van der Waals surface area contributed by atoms with Crippen molar-refractivity contribution in [1.29, 1.82) is 0 Å². The van der Waals surface area contributed by atoms with E-state index in [0.717, 1.165) is 9.47 Å². The number of aromatic carboxylic acids is 1. The number of hydrogen-bond donors (Lipinski definition) is 2. The van der Waals surface area contributed by atoms with Gasteiger partial charge in [-0.3, -0.25) is 0 Å². The molecule has 0 unspecified atom stereocenters. The zero-order valence-electron chi connectivity index (χ0n) is 9.11. The van der Waals surface area contributed by atoms with Crippen molar-refractivity contribution in [3.63, 3.8) is 0 Å². The fourth-order valence-corrected chi connectivity index (χ4v) is 3.09. The molecule has 0 saturated carbocycles. The van der Waals surface area contributed by atoms with Gasteiger partial charge in [-0.25, -0.2) is 4.79 Å². The molecule has 0 aliphatic carbocycles. The van der Waals surface area contributed by atoms with Gasteiger partial charge in [0.1, 0.15) is 0 Å². The maximum absolute atomic E-state index is 10.8. The van der Waals surface area contributed by atoms with E-state index in [4.69, 9.17) is 16.7 Å². The first-order valence-electron chi connectivity index (χ1n) is 5.07. The Morgan fingerprint density at radius 1 is 1.39 bits per heavy atom. The van der Waals surface area contributed by atoms with Crippen LogP contribution in [0.4, 0.5) is 5.69 Å². The van der Waals surface area contributed by atoms with Crippen molar-refractivity contribution < 1.29 is 9.90 Å². The zero-order valence-corrected chi connectivity index (χ0v) is 12.3. The lowest BCUT2D eigenvalue weighted by Gasteiger charge is -2.07. The zero-order chi connectivity index (χ0) is 13.1. The van der Waals surface area contributed by atoms with E-state index in [9.17, 15) is 4.79 Å². The molecule has 0 spiro atoms. The third kappa shape index (κ3) is 3.25. The first kappa shape index (κ1) is 13.4. The summed E-state index contributed by atoms with van der Waals surface area (Å²) in [4.78, 5) is 11.9. The molecule has 1 aromatic carbocycles. The summed E-state index contributed by atoms with van der Waals surface area (Å²) in [7, 11) is 0. The van der Waals surface area contributed by atoms with Crippen molar-refractivity contribution >= 4 is 50.5 Å². The van der Waals surface area contributed by atoms with Crippen molar-refractivity contribution in [2.45, 2.75) is 6.54 Å². The van der Waals surface area contributed by atoms with Gasteiger partial charge in [-0.2, -0.15) is 0 Å². The molecule has 0 bridgehead atoms. The minimum Gasteiger partial charge on any atom is -0.478 e. The molecule has 0 amide bonds. The Morgan fingerprint density at radius 2 is 2.17 bits per heavy atom. The molecule has 6 heteroatoms. The Labute approximate surface area is 122 Å². The molecule has 0 radical (unpaired) electrons. The summed E-state index contributed by atoms with van der Waals surface area (Å²) in [6.45, 7) is 0.655. The lowest BCUT2D eigenvalue weighted by Crippen LogP contribution is -2.00. The smallest absolute Gasteiger partial charge is 0.335 e. The minimum atomic E-state index is -0.981. The number of rotatable bonds is 4. The van der Waals surface area contributed by atoms with Crippen molar-refractivity contribution in [2.75, 3.05) is 5.32 Å². The summed E-state index contributed by atoms with van der Waals surface area (Å²) in [6, 6.07) is 8.64. The normalized spacial score (nSPS) is 10.3. The number of nitrogens with one attached hydrogen (secondary N) is 1. The Morgan fingerprint density at radius 3 is 2.72 bits per heavy atom. The largest absolute Gasteiger partial charge is 0.478 e. The fraction of sp³-hybridized carbons (Fsp3) is 0.0833. The van der Waals surface area contributed by atoms with E-state index >= 15 is 0 Å².